The topological polar surface area (TPSA) is 64.7 Å². The third-order valence-corrected chi connectivity index (χ3v) is 4.01. The second-order valence-electron chi connectivity index (χ2n) is 5.04. The van der Waals surface area contributed by atoms with Crippen LogP contribution in [-0.2, 0) is 11.8 Å². The van der Waals surface area contributed by atoms with E-state index in [1.54, 1.807) is 17.1 Å². The predicted molar refractivity (Wildman–Crippen MR) is 88.6 cm³/mol. The molecule has 1 N–H and O–H groups in total. The van der Waals surface area contributed by atoms with Crippen molar-refractivity contribution in [3.8, 4) is 0 Å². The summed E-state index contributed by atoms with van der Waals surface area (Å²) in [7, 11) is 1.89. The first-order chi connectivity index (χ1) is 10.6. The molecule has 22 heavy (non-hydrogen) atoms. The van der Waals surface area contributed by atoms with Gasteiger partial charge in [-0.1, -0.05) is 19.1 Å². The third-order valence-electron chi connectivity index (χ3n) is 3.60. The molecule has 3 aromatic rings. The van der Waals surface area contributed by atoms with Gasteiger partial charge in [0, 0.05) is 13.2 Å². The molecule has 1 atom stereocenters. The molecule has 3 rings (SSSR count). The summed E-state index contributed by atoms with van der Waals surface area (Å²) < 4.78 is 4.38. The average Bonchev–Trinajstić information content (AvgIpc) is 3.05. The van der Waals surface area contributed by atoms with Crippen molar-refractivity contribution in [3.05, 3.63) is 41.1 Å². The van der Waals surface area contributed by atoms with Gasteiger partial charge in [-0.15, -0.1) is 0 Å². The summed E-state index contributed by atoms with van der Waals surface area (Å²) in [4.78, 5) is 17.0. The van der Waals surface area contributed by atoms with Gasteiger partial charge in [0.15, 0.2) is 0 Å². The number of rotatable bonds is 4. The molecule has 1 aromatic carbocycles. The first-order valence-corrected chi connectivity index (χ1v) is 7.81. The van der Waals surface area contributed by atoms with E-state index in [2.05, 4.69) is 31.3 Å². The van der Waals surface area contributed by atoms with Crippen LogP contribution in [0.5, 0.6) is 0 Å². The number of benzene rings is 1. The largest absolute Gasteiger partial charge is 0.313 e. The van der Waals surface area contributed by atoms with E-state index < -0.39 is 0 Å². The third kappa shape index (κ3) is 2.64. The van der Waals surface area contributed by atoms with Crippen LogP contribution in [0.1, 0.15) is 19.4 Å². The normalized spacial score (nSPS) is 12.5. The van der Waals surface area contributed by atoms with E-state index >= 15 is 0 Å². The fraction of sp³-hybridized carbons (Fsp3) is 0.267. The summed E-state index contributed by atoms with van der Waals surface area (Å²) in [6, 6.07) is 7.40. The Bertz CT molecular complexity index is 822. The molecule has 114 valence electrons. The van der Waals surface area contributed by atoms with Crippen LogP contribution in [0.25, 0.3) is 11.0 Å². The van der Waals surface area contributed by atoms with E-state index in [1.807, 2.05) is 42.8 Å². The number of halogens is 1. The number of anilines is 1. The Labute approximate surface area is 136 Å². The smallest absolute Gasteiger partial charge is 0.251 e. The molecule has 2 aromatic heterocycles. The lowest BCUT2D eigenvalue weighted by atomic mass is 10.2. The minimum absolute atomic E-state index is 0.128. The van der Waals surface area contributed by atoms with Crippen molar-refractivity contribution in [2.45, 2.75) is 19.4 Å². The van der Waals surface area contributed by atoms with E-state index in [1.165, 1.54) is 0 Å². The van der Waals surface area contributed by atoms with Crippen LogP contribution in [0, 0.1) is 0 Å². The zero-order valence-electron chi connectivity index (χ0n) is 12.3. The molecule has 0 bridgehead atoms. The Kier molecular flexibility index (Phi) is 3.98. The first-order valence-electron chi connectivity index (χ1n) is 7.02. The number of hydrogen-bond acceptors (Lipinski definition) is 3. The Hall–Kier alpha value is -2.15. The lowest BCUT2D eigenvalue weighted by Crippen LogP contribution is -2.27. The van der Waals surface area contributed by atoms with Gasteiger partial charge in [-0.3, -0.25) is 14.8 Å². The van der Waals surface area contributed by atoms with Crippen LogP contribution in [0.2, 0.25) is 0 Å². The maximum absolute atomic E-state index is 12.5. The van der Waals surface area contributed by atoms with Crippen molar-refractivity contribution in [1.82, 2.24) is 19.3 Å². The van der Waals surface area contributed by atoms with Gasteiger partial charge in [-0.05, 0) is 34.5 Å². The summed E-state index contributed by atoms with van der Waals surface area (Å²) in [5.74, 6) is 0.410. The number of para-hydroxylation sites is 2. The molecule has 0 spiro atoms. The van der Waals surface area contributed by atoms with Crippen LogP contribution in [0.3, 0.4) is 0 Å². The van der Waals surface area contributed by atoms with Crippen molar-refractivity contribution >= 4 is 38.8 Å². The highest BCUT2D eigenvalue weighted by atomic mass is 79.9. The molecule has 0 radical (unpaired) electrons. The van der Waals surface area contributed by atoms with Crippen molar-refractivity contribution in [2.24, 2.45) is 7.05 Å². The van der Waals surface area contributed by atoms with Crippen LogP contribution in [0.4, 0.5) is 5.95 Å². The van der Waals surface area contributed by atoms with E-state index in [0.717, 1.165) is 15.5 Å². The maximum atomic E-state index is 12.5. The molecule has 0 aliphatic rings. The molecule has 0 saturated heterocycles. The summed E-state index contributed by atoms with van der Waals surface area (Å²) >= 11 is 3.35. The summed E-state index contributed by atoms with van der Waals surface area (Å²) in [6.45, 7) is 1.95. The van der Waals surface area contributed by atoms with E-state index in [4.69, 9.17) is 0 Å². The van der Waals surface area contributed by atoms with Gasteiger partial charge in [-0.25, -0.2) is 4.98 Å². The molecule has 0 saturated carbocycles. The number of fused-ring (bicyclic) bond motifs is 1. The number of aryl methyl sites for hydroxylation is 1. The Morgan fingerprint density at radius 1 is 1.41 bits per heavy atom. The minimum atomic E-state index is -0.369. The zero-order valence-corrected chi connectivity index (χ0v) is 13.9. The molecule has 7 heteroatoms. The Morgan fingerprint density at radius 3 is 2.82 bits per heavy atom. The molecule has 0 aliphatic heterocycles. The monoisotopic (exact) mass is 361 g/mol. The van der Waals surface area contributed by atoms with Crippen LogP contribution in [-0.4, -0.2) is 25.2 Å². The first kappa shape index (κ1) is 14.8. The molecular weight excluding hydrogens is 346 g/mol. The van der Waals surface area contributed by atoms with Crippen LogP contribution < -0.4 is 5.32 Å². The van der Waals surface area contributed by atoms with Gasteiger partial charge in [0.25, 0.3) is 5.91 Å². The number of hydrogen-bond donors (Lipinski definition) is 1. The lowest BCUT2D eigenvalue weighted by molar-refractivity contribution is -0.119. The molecule has 0 aliphatic carbocycles. The highest BCUT2D eigenvalue weighted by molar-refractivity contribution is 9.10. The maximum Gasteiger partial charge on any atom is 0.251 e. The summed E-state index contributed by atoms with van der Waals surface area (Å²) in [5, 5.41) is 7.09. The van der Waals surface area contributed by atoms with E-state index in [-0.39, 0.29) is 11.9 Å². The molecule has 2 heterocycles. The summed E-state index contributed by atoms with van der Waals surface area (Å²) in [5.41, 5.74) is 1.84. The van der Waals surface area contributed by atoms with Crippen LogP contribution >= 0.6 is 15.9 Å². The van der Waals surface area contributed by atoms with E-state index in [0.29, 0.717) is 12.4 Å². The predicted octanol–water partition coefficient (Wildman–Crippen LogP) is 3.12. The SMILES string of the molecule is CCC(C(=O)Nc1nc2ccccc2n1C)n1cc(Br)cn1. The number of nitrogens with zero attached hydrogens (tertiary/aromatic N) is 4. The molecule has 1 amide bonds. The zero-order chi connectivity index (χ0) is 15.7. The number of imidazole rings is 1. The van der Waals surface area contributed by atoms with Gasteiger partial charge < -0.3 is 4.57 Å². The van der Waals surface area contributed by atoms with Crippen molar-refractivity contribution in [3.63, 3.8) is 0 Å². The number of aromatic nitrogens is 4. The molecule has 0 fully saturated rings. The van der Waals surface area contributed by atoms with Crippen molar-refractivity contribution in [2.75, 3.05) is 5.32 Å². The number of amides is 1. The van der Waals surface area contributed by atoms with Gasteiger partial charge in [0.2, 0.25) is 5.95 Å². The highest BCUT2D eigenvalue weighted by Crippen LogP contribution is 2.20. The number of nitrogens with one attached hydrogen (secondary N) is 1. The lowest BCUT2D eigenvalue weighted by Gasteiger charge is -2.15. The van der Waals surface area contributed by atoms with E-state index in [9.17, 15) is 4.79 Å². The van der Waals surface area contributed by atoms with Gasteiger partial charge in [-0.2, -0.15) is 5.10 Å². The Balaban J connectivity index is 1.87. The van der Waals surface area contributed by atoms with Crippen molar-refractivity contribution < 1.29 is 4.79 Å². The average molecular weight is 362 g/mol. The van der Waals surface area contributed by atoms with Crippen molar-refractivity contribution in [1.29, 1.82) is 0 Å². The molecule has 6 nitrogen and oxygen atoms in total. The van der Waals surface area contributed by atoms with Gasteiger partial charge in [0.05, 0.1) is 21.7 Å². The Morgan fingerprint density at radius 2 is 2.18 bits per heavy atom. The highest BCUT2D eigenvalue weighted by Gasteiger charge is 2.21. The molecule has 1 unspecified atom stereocenters. The summed E-state index contributed by atoms with van der Waals surface area (Å²) in [6.07, 6.45) is 4.11. The minimum Gasteiger partial charge on any atom is -0.313 e. The van der Waals surface area contributed by atoms with Gasteiger partial charge >= 0.3 is 0 Å². The van der Waals surface area contributed by atoms with Crippen LogP contribution in [0.15, 0.2) is 41.1 Å². The fourth-order valence-corrected chi connectivity index (χ4v) is 2.73. The quantitative estimate of drug-likeness (QED) is 0.776. The van der Waals surface area contributed by atoms with Gasteiger partial charge in [0.1, 0.15) is 6.04 Å². The second-order valence-corrected chi connectivity index (χ2v) is 5.95. The standard InChI is InChI=1S/C15H16BrN5O/c1-3-12(21-9-10(16)8-17-21)14(22)19-15-18-11-6-4-5-7-13(11)20(15)2/h4-9,12H,3H2,1-2H3,(H,18,19,22). The number of carbonyl (C=O) groups is 1. The molecular formula is C15H16BrN5O. The number of carbonyl (C=O) groups excluding carboxylic acids is 1. The fourth-order valence-electron chi connectivity index (χ4n) is 2.43. The second kappa shape index (κ2) is 5.92.